The molecule has 0 aliphatic carbocycles. The zero-order chi connectivity index (χ0) is 11.7. The first-order chi connectivity index (χ1) is 7.58. The van der Waals surface area contributed by atoms with Gasteiger partial charge in [-0.15, -0.1) is 0 Å². The second-order valence-corrected chi connectivity index (χ2v) is 5.31. The van der Waals surface area contributed by atoms with Gasteiger partial charge in [0, 0.05) is 21.2 Å². The number of rotatable bonds is 2. The molecular formula is C11H11BrN2OS. The van der Waals surface area contributed by atoms with Gasteiger partial charge in [0.05, 0.1) is 6.54 Å². The van der Waals surface area contributed by atoms with Crippen molar-refractivity contribution in [3.05, 3.63) is 49.0 Å². The second-order valence-electron chi connectivity index (χ2n) is 3.57. The van der Waals surface area contributed by atoms with Crippen LogP contribution in [0.1, 0.15) is 11.3 Å². The Morgan fingerprint density at radius 1 is 1.50 bits per heavy atom. The molecule has 2 N–H and O–H groups in total. The third-order valence-electron chi connectivity index (χ3n) is 2.41. The summed E-state index contributed by atoms with van der Waals surface area (Å²) >= 11 is 4.57. The van der Waals surface area contributed by atoms with E-state index in [1.165, 1.54) is 11.3 Å². The summed E-state index contributed by atoms with van der Waals surface area (Å²) in [4.78, 5) is 11.6. The van der Waals surface area contributed by atoms with Crippen LogP contribution in [0, 0.1) is 6.92 Å². The van der Waals surface area contributed by atoms with Crippen LogP contribution in [0.2, 0.25) is 0 Å². The molecule has 84 valence electrons. The number of hydrogen-bond donors (Lipinski definition) is 1. The Morgan fingerprint density at radius 3 is 2.81 bits per heavy atom. The number of thiazole rings is 1. The highest BCUT2D eigenvalue weighted by Gasteiger charge is 2.06. The Hall–Kier alpha value is -1.07. The summed E-state index contributed by atoms with van der Waals surface area (Å²) in [5.41, 5.74) is 8.53. The van der Waals surface area contributed by atoms with Crippen molar-refractivity contribution in [1.29, 1.82) is 0 Å². The van der Waals surface area contributed by atoms with Crippen LogP contribution >= 0.6 is 27.3 Å². The number of benzene rings is 1. The van der Waals surface area contributed by atoms with Crippen LogP contribution in [0.3, 0.4) is 0 Å². The summed E-state index contributed by atoms with van der Waals surface area (Å²) in [5.74, 6) is 0. The maximum atomic E-state index is 11.6. The van der Waals surface area contributed by atoms with Gasteiger partial charge in [0.25, 0.3) is 0 Å². The summed E-state index contributed by atoms with van der Waals surface area (Å²) in [6.45, 7) is 2.46. The number of nitrogens with two attached hydrogens (primary N) is 1. The Morgan fingerprint density at radius 2 is 2.25 bits per heavy atom. The highest BCUT2D eigenvalue weighted by molar-refractivity contribution is 9.10. The van der Waals surface area contributed by atoms with E-state index in [9.17, 15) is 4.79 Å². The van der Waals surface area contributed by atoms with E-state index in [-0.39, 0.29) is 4.87 Å². The molecule has 0 amide bonds. The molecule has 0 saturated heterocycles. The number of nitrogens with zero attached hydrogens (tertiary/aromatic N) is 1. The summed E-state index contributed by atoms with van der Waals surface area (Å²) in [6.07, 6.45) is 0. The normalized spacial score (nSPS) is 10.6. The summed E-state index contributed by atoms with van der Waals surface area (Å²) in [6, 6.07) is 5.71. The molecule has 3 nitrogen and oxygen atoms in total. The molecule has 5 heteroatoms. The maximum absolute atomic E-state index is 11.6. The lowest BCUT2D eigenvalue weighted by Gasteiger charge is -2.08. The lowest BCUT2D eigenvalue weighted by atomic mass is 10.2. The van der Waals surface area contributed by atoms with Gasteiger partial charge in [-0.2, -0.15) is 0 Å². The smallest absolute Gasteiger partial charge is 0.307 e. The average Bonchev–Trinajstić information content (AvgIpc) is 2.53. The van der Waals surface area contributed by atoms with Crippen LogP contribution in [-0.4, -0.2) is 4.57 Å². The molecule has 16 heavy (non-hydrogen) atoms. The molecule has 0 aliphatic rings. The van der Waals surface area contributed by atoms with Crippen molar-refractivity contribution >= 4 is 33.0 Å². The van der Waals surface area contributed by atoms with Crippen molar-refractivity contribution in [1.82, 2.24) is 4.57 Å². The molecule has 1 aromatic carbocycles. The molecule has 0 spiro atoms. The molecule has 0 atom stereocenters. The van der Waals surface area contributed by atoms with Gasteiger partial charge >= 0.3 is 4.87 Å². The van der Waals surface area contributed by atoms with Crippen LogP contribution in [0.4, 0.5) is 5.69 Å². The molecule has 0 saturated carbocycles. The Balaban J connectivity index is 2.38. The average molecular weight is 299 g/mol. The molecule has 2 aromatic rings. The fraction of sp³-hybridized carbons (Fsp3) is 0.182. The molecule has 0 radical (unpaired) electrons. The van der Waals surface area contributed by atoms with Crippen molar-refractivity contribution in [2.75, 3.05) is 5.73 Å². The fourth-order valence-electron chi connectivity index (χ4n) is 1.48. The fourth-order valence-corrected chi connectivity index (χ4v) is 2.59. The standard InChI is InChI=1S/C11H11BrN2OS/c1-7-6-16-11(15)14(7)5-8-2-3-9(12)4-10(8)13/h2-4,6H,5,13H2,1H3. The Bertz CT molecular complexity index is 574. The summed E-state index contributed by atoms with van der Waals surface area (Å²) in [7, 11) is 0. The third kappa shape index (κ3) is 2.20. The van der Waals surface area contributed by atoms with Gasteiger partial charge in [0.2, 0.25) is 0 Å². The Kier molecular flexibility index (Phi) is 3.16. The van der Waals surface area contributed by atoms with E-state index in [1.54, 1.807) is 4.57 Å². The van der Waals surface area contributed by atoms with Crippen molar-refractivity contribution in [3.63, 3.8) is 0 Å². The predicted octanol–water partition coefficient (Wildman–Crippen LogP) is 2.61. The van der Waals surface area contributed by atoms with Crippen molar-refractivity contribution in [3.8, 4) is 0 Å². The SMILES string of the molecule is Cc1csc(=O)n1Cc1ccc(Br)cc1N. The van der Waals surface area contributed by atoms with E-state index < -0.39 is 0 Å². The van der Waals surface area contributed by atoms with E-state index in [0.717, 1.165) is 15.7 Å². The van der Waals surface area contributed by atoms with Crippen LogP contribution in [0.25, 0.3) is 0 Å². The lowest BCUT2D eigenvalue weighted by molar-refractivity contribution is 0.756. The van der Waals surface area contributed by atoms with E-state index in [4.69, 9.17) is 5.73 Å². The first kappa shape index (κ1) is 11.4. The molecule has 1 heterocycles. The third-order valence-corrected chi connectivity index (χ3v) is 3.79. The van der Waals surface area contributed by atoms with Gasteiger partial charge in [-0.3, -0.25) is 9.36 Å². The second kappa shape index (κ2) is 4.43. The van der Waals surface area contributed by atoms with Crippen molar-refractivity contribution < 1.29 is 0 Å². The minimum Gasteiger partial charge on any atom is -0.398 e. The van der Waals surface area contributed by atoms with E-state index in [1.807, 2.05) is 30.5 Å². The first-order valence-corrected chi connectivity index (χ1v) is 6.44. The van der Waals surface area contributed by atoms with Gasteiger partial charge in [-0.25, -0.2) is 0 Å². The minimum absolute atomic E-state index is 0.0554. The van der Waals surface area contributed by atoms with E-state index >= 15 is 0 Å². The number of nitrogen functional groups attached to an aromatic ring is 1. The molecule has 0 unspecified atom stereocenters. The van der Waals surface area contributed by atoms with E-state index in [0.29, 0.717) is 12.2 Å². The molecule has 0 fully saturated rings. The molecule has 2 rings (SSSR count). The molecule has 1 aromatic heterocycles. The zero-order valence-corrected chi connectivity index (χ0v) is 11.1. The maximum Gasteiger partial charge on any atom is 0.307 e. The van der Waals surface area contributed by atoms with Crippen LogP contribution in [-0.2, 0) is 6.54 Å². The van der Waals surface area contributed by atoms with Gasteiger partial charge in [-0.1, -0.05) is 33.3 Å². The number of anilines is 1. The van der Waals surface area contributed by atoms with Crippen LogP contribution in [0.5, 0.6) is 0 Å². The minimum atomic E-state index is 0.0554. The summed E-state index contributed by atoms with van der Waals surface area (Å²) < 4.78 is 2.67. The van der Waals surface area contributed by atoms with Crippen molar-refractivity contribution in [2.24, 2.45) is 0 Å². The van der Waals surface area contributed by atoms with Gasteiger partial charge in [0.15, 0.2) is 0 Å². The van der Waals surface area contributed by atoms with Gasteiger partial charge in [0.1, 0.15) is 0 Å². The highest BCUT2D eigenvalue weighted by Crippen LogP contribution is 2.19. The van der Waals surface area contributed by atoms with E-state index in [2.05, 4.69) is 15.9 Å². The van der Waals surface area contributed by atoms with Gasteiger partial charge < -0.3 is 5.73 Å². The molecule has 0 aliphatic heterocycles. The topological polar surface area (TPSA) is 48.0 Å². The number of aryl methyl sites for hydroxylation is 1. The van der Waals surface area contributed by atoms with Crippen LogP contribution in [0.15, 0.2) is 32.8 Å². The number of hydrogen-bond acceptors (Lipinski definition) is 3. The summed E-state index contributed by atoms with van der Waals surface area (Å²) in [5, 5.41) is 1.86. The predicted molar refractivity (Wildman–Crippen MR) is 71.0 cm³/mol. The van der Waals surface area contributed by atoms with Crippen LogP contribution < -0.4 is 10.6 Å². The zero-order valence-electron chi connectivity index (χ0n) is 8.74. The largest absolute Gasteiger partial charge is 0.398 e. The molecular weight excluding hydrogens is 288 g/mol. The van der Waals surface area contributed by atoms with Crippen molar-refractivity contribution in [2.45, 2.75) is 13.5 Å². The van der Waals surface area contributed by atoms with Gasteiger partial charge in [-0.05, 0) is 24.6 Å². The quantitative estimate of drug-likeness (QED) is 0.867. The molecule has 0 bridgehead atoms. The Labute approximate surface area is 106 Å². The number of halogens is 1. The first-order valence-electron chi connectivity index (χ1n) is 4.77. The number of aromatic nitrogens is 1. The lowest BCUT2D eigenvalue weighted by Crippen LogP contribution is -2.16. The highest BCUT2D eigenvalue weighted by atomic mass is 79.9. The monoisotopic (exact) mass is 298 g/mol.